The first-order valence-electron chi connectivity index (χ1n) is 17.3. The Morgan fingerprint density at radius 3 is 1.83 bits per heavy atom. The number of halogens is 2. The maximum Gasteiger partial charge on any atom is 0.130 e. The molecule has 2 fully saturated rings. The van der Waals surface area contributed by atoms with Crippen molar-refractivity contribution in [2.45, 2.75) is 147 Å². The van der Waals surface area contributed by atoms with Crippen LogP contribution in [0.4, 0.5) is 8.78 Å². The molecule has 3 aliphatic carbocycles. The van der Waals surface area contributed by atoms with Crippen LogP contribution in [0.3, 0.4) is 0 Å². The fourth-order valence-corrected chi connectivity index (χ4v) is 8.28. The van der Waals surface area contributed by atoms with Crippen LogP contribution in [0.2, 0.25) is 0 Å². The molecule has 0 nitrogen and oxygen atoms in total. The van der Waals surface area contributed by atoms with Crippen molar-refractivity contribution in [3.63, 3.8) is 0 Å². The number of rotatable bonds is 11. The summed E-state index contributed by atoms with van der Waals surface area (Å²) < 4.78 is 30.7. The highest BCUT2D eigenvalue weighted by molar-refractivity contribution is 5.67. The average molecular weight is 561 g/mol. The van der Waals surface area contributed by atoms with Gasteiger partial charge >= 0.3 is 0 Å². The number of hydrogen-bond acceptors (Lipinski definition) is 0. The van der Waals surface area contributed by atoms with Gasteiger partial charge in [-0.15, -0.1) is 0 Å². The minimum atomic E-state index is -0.0583. The van der Waals surface area contributed by atoms with Crippen LogP contribution in [0, 0.1) is 23.5 Å². The van der Waals surface area contributed by atoms with Crippen molar-refractivity contribution in [1.29, 1.82) is 0 Å². The molecule has 1 atom stereocenters. The molecular formula is C39H54F2. The predicted octanol–water partition coefficient (Wildman–Crippen LogP) is 12.6. The van der Waals surface area contributed by atoms with Crippen molar-refractivity contribution in [1.82, 2.24) is 0 Å². The molecule has 224 valence electrons. The second-order valence-corrected chi connectivity index (χ2v) is 13.8. The van der Waals surface area contributed by atoms with E-state index >= 15 is 8.78 Å². The monoisotopic (exact) mass is 560 g/mol. The summed E-state index contributed by atoms with van der Waals surface area (Å²) in [7, 11) is 0. The average Bonchev–Trinajstić information content (AvgIpc) is 3.01. The summed E-state index contributed by atoms with van der Waals surface area (Å²) >= 11 is 0. The number of benzene rings is 2. The van der Waals surface area contributed by atoms with E-state index < -0.39 is 0 Å². The molecule has 0 radical (unpaired) electrons. The van der Waals surface area contributed by atoms with E-state index in [0.717, 1.165) is 66.2 Å². The standard InChI is InChI=1S/C39H54F2/c1-3-5-7-9-29-10-14-30(15-11-29)34-22-25-37(39(41)26-34)33-20-18-31(19-21-33)35-23-24-36(38(40)27-35)32-16-12-28(13-17-32)8-6-4-2/h20,22-32H,3-19,21H2,1-2H3. The summed E-state index contributed by atoms with van der Waals surface area (Å²) in [5, 5.41) is 0. The van der Waals surface area contributed by atoms with Gasteiger partial charge in [0.15, 0.2) is 0 Å². The van der Waals surface area contributed by atoms with Crippen LogP contribution in [0.5, 0.6) is 0 Å². The molecule has 0 amide bonds. The molecule has 0 saturated heterocycles. The van der Waals surface area contributed by atoms with Crippen LogP contribution in [-0.4, -0.2) is 0 Å². The molecule has 0 aromatic heterocycles. The van der Waals surface area contributed by atoms with E-state index in [1.165, 1.54) is 89.0 Å². The minimum absolute atomic E-state index is 0.00842. The molecule has 2 aromatic carbocycles. The van der Waals surface area contributed by atoms with E-state index in [4.69, 9.17) is 0 Å². The quantitative estimate of drug-likeness (QED) is 0.240. The lowest BCUT2D eigenvalue weighted by Crippen LogP contribution is -2.15. The Bertz CT molecular complexity index is 1130. The highest BCUT2D eigenvalue weighted by Gasteiger charge is 2.26. The van der Waals surface area contributed by atoms with Crippen LogP contribution in [0.1, 0.15) is 169 Å². The van der Waals surface area contributed by atoms with Crippen molar-refractivity contribution in [3.8, 4) is 0 Å². The Kier molecular flexibility index (Phi) is 11.1. The second-order valence-electron chi connectivity index (χ2n) is 13.8. The predicted molar refractivity (Wildman–Crippen MR) is 170 cm³/mol. The minimum Gasteiger partial charge on any atom is -0.207 e. The highest BCUT2D eigenvalue weighted by atomic mass is 19.1. The lowest BCUT2D eigenvalue weighted by molar-refractivity contribution is 0.300. The zero-order valence-electron chi connectivity index (χ0n) is 25.9. The first-order valence-corrected chi connectivity index (χ1v) is 17.3. The van der Waals surface area contributed by atoms with Gasteiger partial charge in [0.25, 0.3) is 0 Å². The van der Waals surface area contributed by atoms with Crippen molar-refractivity contribution in [2.75, 3.05) is 0 Å². The number of hydrogen-bond donors (Lipinski definition) is 0. The molecule has 0 spiro atoms. The van der Waals surface area contributed by atoms with Gasteiger partial charge in [-0.3, -0.25) is 0 Å². The Hall–Kier alpha value is -1.96. The molecule has 2 aromatic rings. The lowest BCUT2D eigenvalue weighted by atomic mass is 9.76. The van der Waals surface area contributed by atoms with E-state index in [1.807, 2.05) is 18.2 Å². The maximum absolute atomic E-state index is 15.4. The molecule has 0 N–H and O–H groups in total. The first kappa shape index (κ1) is 30.5. The first-order chi connectivity index (χ1) is 20.1. The molecule has 0 heterocycles. The van der Waals surface area contributed by atoms with E-state index in [9.17, 15) is 0 Å². The molecule has 41 heavy (non-hydrogen) atoms. The van der Waals surface area contributed by atoms with Crippen LogP contribution in [-0.2, 0) is 0 Å². The van der Waals surface area contributed by atoms with Gasteiger partial charge in [-0.05, 0) is 135 Å². The Balaban J connectivity index is 1.15. The number of unbranched alkanes of at least 4 members (excludes halogenated alkanes) is 3. The molecule has 0 bridgehead atoms. The van der Waals surface area contributed by atoms with Crippen LogP contribution < -0.4 is 0 Å². The maximum atomic E-state index is 15.4. The van der Waals surface area contributed by atoms with Gasteiger partial charge in [0.05, 0.1) is 0 Å². The van der Waals surface area contributed by atoms with Gasteiger partial charge in [0, 0.05) is 5.56 Å². The topological polar surface area (TPSA) is 0 Å². The summed E-state index contributed by atoms with van der Waals surface area (Å²) in [6, 6.07) is 12.1. The van der Waals surface area contributed by atoms with Crippen molar-refractivity contribution < 1.29 is 8.78 Å². The normalized spacial score (nSPS) is 27.0. The third-order valence-electron chi connectivity index (χ3n) is 11.0. The summed E-state index contributed by atoms with van der Waals surface area (Å²) in [5.74, 6) is 2.87. The van der Waals surface area contributed by atoms with E-state index in [0.29, 0.717) is 17.8 Å². The smallest absolute Gasteiger partial charge is 0.130 e. The SMILES string of the molecule is CCCCCC1CCC(c2ccc(C3=CCC(c4ccc(C5CCC(CCCC)CC5)c(F)c4)CC3)c(F)c2)CC1. The van der Waals surface area contributed by atoms with Crippen molar-refractivity contribution in [2.24, 2.45) is 11.8 Å². The van der Waals surface area contributed by atoms with Crippen molar-refractivity contribution in [3.05, 3.63) is 76.4 Å². The van der Waals surface area contributed by atoms with Crippen molar-refractivity contribution >= 4 is 5.57 Å². The number of allylic oxidation sites excluding steroid dienone is 2. The summed E-state index contributed by atoms with van der Waals surface area (Å²) in [6.07, 6.45) is 24.0. The van der Waals surface area contributed by atoms with Gasteiger partial charge < -0.3 is 0 Å². The highest BCUT2D eigenvalue weighted by Crippen LogP contribution is 2.42. The lowest BCUT2D eigenvalue weighted by Gasteiger charge is -2.30. The Morgan fingerprint density at radius 1 is 0.610 bits per heavy atom. The van der Waals surface area contributed by atoms with Gasteiger partial charge in [-0.25, -0.2) is 8.78 Å². The summed E-state index contributed by atoms with van der Waals surface area (Å²) in [5.41, 5.74) is 5.14. The van der Waals surface area contributed by atoms with Gasteiger partial charge in [-0.2, -0.15) is 0 Å². The zero-order valence-corrected chi connectivity index (χ0v) is 25.9. The van der Waals surface area contributed by atoms with E-state index in [1.54, 1.807) is 0 Å². The molecule has 2 heteroatoms. The summed E-state index contributed by atoms with van der Waals surface area (Å²) in [6.45, 7) is 4.54. The largest absolute Gasteiger partial charge is 0.207 e. The van der Waals surface area contributed by atoms with Crippen LogP contribution in [0.25, 0.3) is 5.57 Å². The molecule has 3 aliphatic rings. The molecule has 0 aliphatic heterocycles. The summed E-state index contributed by atoms with van der Waals surface area (Å²) in [4.78, 5) is 0. The van der Waals surface area contributed by atoms with Crippen LogP contribution in [0.15, 0.2) is 42.5 Å². The molecule has 1 unspecified atom stereocenters. The van der Waals surface area contributed by atoms with E-state index in [2.05, 4.69) is 38.1 Å². The fraction of sp³-hybridized carbons (Fsp3) is 0.641. The zero-order chi connectivity index (χ0) is 28.6. The Morgan fingerprint density at radius 2 is 1.22 bits per heavy atom. The van der Waals surface area contributed by atoms with Gasteiger partial charge in [-0.1, -0.05) is 89.1 Å². The Labute approximate surface area is 249 Å². The fourth-order valence-electron chi connectivity index (χ4n) is 8.28. The van der Waals surface area contributed by atoms with Gasteiger partial charge in [0.1, 0.15) is 11.6 Å². The third kappa shape index (κ3) is 7.91. The van der Waals surface area contributed by atoms with Gasteiger partial charge in [0.2, 0.25) is 0 Å². The molecule has 5 rings (SSSR count). The molecular weight excluding hydrogens is 506 g/mol. The second kappa shape index (κ2) is 15.0. The van der Waals surface area contributed by atoms with E-state index in [-0.39, 0.29) is 11.6 Å². The molecule has 2 saturated carbocycles. The van der Waals surface area contributed by atoms with Crippen LogP contribution >= 0.6 is 0 Å². The third-order valence-corrected chi connectivity index (χ3v) is 11.0.